The van der Waals surface area contributed by atoms with E-state index in [-0.39, 0.29) is 31.1 Å². The molecule has 0 saturated carbocycles. The molecule has 0 fully saturated rings. The van der Waals surface area contributed by atoms with E-state index in [0.29, 0.717) is 19.3 Å². The third-order valence-electron chi connectivity index (χ3n) is 14.6. The normalized spacial score (nSPS) is 12.2. The zero-order chi connectivity index (χ0) is 52.9. The molecule has 0 aromatic carbocycles. The van der Waals surface area contributed by atoms with Gasteiger partial charge in [-0.25, -0.2) is 0 Å². The third kappa shape index (κ3) is 60.4. The lowest BCUT2D eigenvalue weighted by molar-refractivity contribution is -0.167. The van der Waals surface area contributed by atoms with E-state index in [1.807, 2.05) is 0 Å². The highest BCUT2D eigenvalue weighted by molar-refractivity contribution is 5.71. The van der Waals surface area contributed by atoms with E-state index in [4.69, 9.17) is 14.2 Å². The number of unbranched alkanes of at least 4 members (excludes halogenated alkanes) is 43. The molecule has 0 aromatic heterocycles. The summed E-state index contributed by atoms with van der Waals surface area (Å²) in [5.41, 5.74) is 0. The minimum Gasteiger partial charge on any atom is -0.462 e. The second-order valence-electron chi connectivity index (χ2n) is 22.0. The predicted molar refractivity (Wildman–Crippen MR) is 316 cm³/mol. The summed E-state index contributed by atoms with van der Waals surface area (Å²) < 4.78 is 16.9. The van der Waals surface area contributed by atoms with Gasteiger partial charge in [0.1, 0.15) is 13.2 Å². The minimum atomic E-state index is -0.775. The summed E-state index contributed by atoms with van der Waals surface area (Å²) in [7, 11) is 0. The molecule has 6 nitrogen and oxygen atoms in total. The highest BCUT2D eigenvalue weighted by Crippen LogP contribution is 2.17. The summed E-state index contributed by atoms with van der Waals surface area (Å²) in [6.07, 6.45) is 76.1. The first kappa shape index (κ1) is 70.6. The van der Waals surface area contributed by atoms with Gasteiger partial charge in [-0.15, -0.1) is 0 Å². The molecule has 0 aliphatic carbocycles. The Bertz CT molecular complexity index is 1220. The summed E-state index contributed by atoms with van der Waals surface area (Å²) in [6.45, 7) is 6.63. The molecular formula is C67H124O6. The largest absolute Gasteiger partial charge is 0.462 e. The quantitative estimate of drug-likeness (QED) is 0.0261. The zero-order valence-corrected chi connectivity index (χ0v) is 49.2. The molecule has 1 atom stereocenters. The van der Waals surface area contributed by atoms with Crippen LogP contribution >= 0.6 is 0 Å². The van der Waals surface area contributed by atoms with E-state index >= 15 is 0 Å². The van der Waals surface area contributed by atoms with E-state index in [9.17, 15) is 14.4 Å². The first-order valence-corrected chi connectivity index (χ1v) is 32.5. The van der Waals surface area contributed by atoms with Crippen molar-refractivity contribution in [3.63, 3.8) is 0 Å². The van der Waals surface area contributed by atoms with Crippen molar-refractivity contribution in [1.29, 1.82) is 0 Å². The zero-order valence-electron chi connectivity index (χ0n) is 49.2. The van der Waals surface area contributed by atoms with E-state index in [1.165, 1.54) is 231 Å². The minimum absolute atomic E-state index is 0.0733. The van der Waals surface area contributed by atoms with Gasteiger partial charge in [0.25, 0.3) is 0 Å². The maximum Gasteiger partial charge on any atom is 0.306 e. The Morgan fingerprint density at radius 2 is 0.493 bits per heavy atom. The van der Waals surface area contributed by atoms with Crippen molar-refractivity contribution in [3.8, 4) is 0 Å². The number of allylic oxidation sites excluding steroid dienone is 6. The van der Waals surface area contributed by atoms with Gasteiger partial charge in [0.05, 0.1) is 0 Å². The number of rotatable bonds is 60. The number of esters is 3. The van der Waals surface area contributed by atoms with Crippen LogP contribution in [-0.4, -0.2) is 37.2 Å². The molecule has 0 radical (unpaired) electrons. The monoisotopic (exact) mass is 1020 g/mol. The van der Waals surface area contributed by atoms with Gasteiger partial charge in [-0.2, -0.15) is 0 Å². The molecule has 0 amide bonds. The van der Waals surface area contributed by atoms with Crippen molar-refractivity contribution in [3.05, 3.63) is 36.5 Å². The second-order valence-corrected chi connectivity index (χ2v) is 22.0. The van der Waals surface area contributed by atoms with Crippen LogP contribution in [0, 0.1) is 0 Å². The van der Waals surface area contributed by atoms with Crippen LogP contribution < -0.4 is 0 Å². The molecule has 0 rings (SSSR count). The van der Waals surface area contributed by atoms with Crippen LogP contribution in [-0.2, 0) is 28.6 Å². The van der Waals surface area contributed by atoms with Gasteiger partial charge in [-0.3, -0.25) is 14.4 Å². The molecule has 0 bridgehead atoms. The van der Waals surface area contributed by atoms with Crippen LogP contribution in [0.5, 0.6) is 0 Å². The van der Waals surface area contributed by atoms with Gasteiger partial charge >= 0.3 is 17.9 Å². The molecule has 1 unspecified atom stereocenters. The molecule has 0 spiro atoms. The van der Waals surface area contributed by atoms with Crippen molar-refractivity contribution in [1.82, 2.24) is 0 Å². The summed E-state index contributed by atoms with van der Waals surface area (Å²) in [6, 6.07) is 0. The Balaban J connectivity index is 4.04. The molecule has 0 N–H and O–H groups in total. The molecule has 73 heavy (non-hydrogen) atoms. The maximum absolute atomic E-state index is 12.8. The molecule has 6 heteroatoms. The average molecular weight is 1030 g/mol. The van der Waals surface area contributed by atoms with Crippen LogP contribution in [0.2, 0.25) is 0 Å². The second kappa shape index (κ2) is 62.2. The number of carbonyl (C=O) groups is 3. The Labute approximate surface area is 455 Å². The van der Waals surface area contributed by atoms with Crippen LogP contribution in [0.4, 0.5) is 0 Å². The van der Waals surface area contributed by atoms with Crippen LogP contribution in [0.25, 0.3) is 0 Å². The lowest BCUT2D eigenvalue weighted by Gasteiger charge is -2.18. The van der Waals surface area contributed by atoms with Crippen molar-refractivity contribution in [2.24, 2.45) is 0 Å². The number of carbonyl (C=O) groups excluding carboxylic acids is 3. The molecule has 0 aromatic rings. The Morgan fingerprint density at radius 3 is 0.795 bits per heavy atom. The summed E-state index contributed by atoms with van der Waals surface area (Å²) in [5.74, 6) is -0.870. The van der Waals surface area contributed by atoms with Crippen molar-refractivity contribution in [2.75, 3.05) is 13.2 Å². The highest BCUT2D eigenvalue weighted by Gasteiger charge is 2.19. The van der Waals surface area contributed by atoms with E-state index in [1.54, 1.807) is 0 Å². The highest BCUT2D eigenvalue weighted by atomic mass is 16.6. The lowest BCUT2D eigenvalue weighted by Crippen LogP contribution is -2.30. The van der Waals surface area contributed by atoms with Gasteiger partial charge in [-0.1, -0.05) is 295 Å². The Hall–Kier alpha value is -2.37. The first-order chi connectivity index (χ1) is 36.0. The smallest absolute Gasteiger partial charge is 0.306 e. The summed E-state index contributed by atoms with van der Waals surface area (Å²) in [4.78, 5) is 38.1. The fraction of sp³-hybridized carbons (Fsp3) is 0.866. The third-order valence-corrected chi connectivity index (χ3v) is 14.6. The number of hydrogen-bond acceptors (Lipinski definition) is 6. The summed E-state index contributed by atoms with van der Waals surface area (Å²) in [5, 5.41) is 0. The maximum atomic E-state index is 12.8. The number of hydrogen-bond donors (Lipinski definition) is 0. The van der Waals surface area contributed by atoms with E-state index in [2.05, 4.69) is 57.2 Å². The van der Waals surface area contributed by atoms with Gasteiger partial charge in [0.2, 0.25) is 0 Å². The topological polar surface area (TPSA) is 78.9 Å². The van der Waals surface area contributed by atoms with Crippen LogP contribution in [0.1, 0.15) is 355 Å². The number of ether oxygens (including phenoxy) is 3. The van der Waals surface area contributed by atoms with Gasteiger partial charge < -0.3 is 14.2 Å². The standard InChI is InChI=1S/C67H124O6/c1-4-7-10-13-16-19-21-23-25-26-27-28-29-30-31-32-33-34-35-36-37-38-39-40-42-43-45-48-51-54-57-60-66(69)72-63-64(62-71-65(68)59-56-53-50-47-18-15-12-9-6-3)73-67(70)61-58-55-52-49-46-44-41-24-22-20-17-14-11-8-5-2/h17,20,24,26-27,41,64H,4-16,18-19,21-23,25,28-40,42-63H2,1-3H3/b20-17-,27-26-,41-24-. The van der Waals surface area contributed by atoms with Crippen molar-refractivity contribution in [2.45, 2.75) is 361 Å². The van der Waals surface area contributed by atoms with Crippen molar-refractivity contribution >= 4 is 17.9 Å². The van der Waals surface area contributed by atoms with Crippen LogP contribution in [0.3, 0.4) is 0 Å². The molecule has 428 valence electrons. The van der Waals surface area contributed by atoms with Gasteiger partial charge in [0, 0.05) is 19.3 Å². The fourth-order valence-electron chi connectivity index (χ4n) is 9.71. The molecule has 0 heterocycles. The fourth-order valence-corrected chi connectivity index (χ4v) is 9.71. The predicted octanol–water partition coefficient (Wildman–Crippen LogP) is 22.0. The lowest BCUT2D eigenvalue weighted by atomic mass is 10.0. The van der Waals surface area contributed by atoms with E-state index < -0.39 is 6.10 Å². The van der Waals surface area contributed by atoms with E-state index in [0.717, 1.165) is 83.5 Å². The average Bonchev–Trinajstić information content (AvgIpc) is 3.39. The first-order valence-electron chi connectivity index (χ1n) is 32.5. The van der Waals surface area contributed by atoms with Crippen molar-refractivity contribution < 1.29 is 28.6 Å². The molecule has 0 aliphatic rings. The Morgan fingerprint density at radius 1 is 0.274 bits per heavy atom. The van der Waals surface area contributed by atoms with Gasteiger partial charge in [0.15, 0.2) is 6.10 Å². The van der Waals surface area contributed by atoms with Crippen LogP contribution in [0.15, 0.2) is 36.5 Å². The SMILES string of the molecule is CCCCC/C=C\C/C=C\CCCCCCCC(=O)OC(COC(=O)CCCCCCCCCCC)COC(=O)CCCCCCCCCCCCCCCCCCCCC/C=C\CCCCCCCCCC. The molecular weight excluding hydrogens is 901 g/mol. The Kier molecular flexibility index (Phi) is 60.2. The summed E-state index contributed by atoms with van der Waals surface area (Å²) >= 11 is 0. The molecule has 0 aliphatic heterocycles. The van der Waals surface area contributed by atoms with Gasteiger partial charge in [-0.05, 0) is 77.0 Å². The molecule has 0 saturated heterocycles.